The van der Waals surface area contributed by atoms with Gasteiger partial charge in [-0.05, 0) is 70.4 Å². The molecule has 0 saturated carbocycles. The Hall–Kier alpha value is -3.09. The van der Waals surface area contributed by atoms with Gasteiger partial charge in [0.15, 0.2) is 11.5 Å². The van der Waals surface area contributed by atoms with Crippen LogP contribution < -0.4 is 19.7 Å². The zero-order valence-electron chi connectivity index (χ0n) is 16.5. The number of rotatable bonds is 5. The summed E-state index contributed by atoms with van der Waals surface area (Å²) < 4.78 is 12.2. The van der Waals surface area contributed by atoms with Gasteiger partial charge in [-0.3, -0.25) is 14.9 Å². The molecule has 0 aromatic heterocycles. The first kappa shape index (κ1) is 22.6. The summed E-state index contributed by atoms with van der Waals surface area (Å²) in [6.07, 6.45) is 6.61. The van der Waals surface area contributed by atoms with E-state index in [4.69, 9.17) is 15.9 Å². The molecule has 9 heteroatoms. The van der Waals surface area contributed by atoms with E-state index in [1.54, 1.807) is 30.3 Å². The maximum atomic E-state index is 13.1. The molecule has 0 radical (unpaired) electrons. The number of anilines is 1. The highest BCUT2D eigenvalue weighted by atomic mass is 79.9. The number of carbonyl (C=O) groups is 3. The zero-order valence-corrected chi connectivity index (χ0v) is 19.7. The number of terminal acetylenes is 1. The van der Waals surface area contributed by atoms with Crippen LogP contribution in [0.5, 0.6) is 11.5 Å². The maximum absolute atomic E-state index is 13.1. The standard InChI is InChI=1S/C22H16Br2N2O5/c1-4-7-31-19-17(24)10-13(11-18(19)30-3)9-15-20(27)25-22(29)26(21(15)28)14-5-6-16(23)12(2)8-14/h1,5-6,8-11H,7H2,2-3H3,(H,25,27,29)/b15-9+. The molecule has 1 saturated heterocycles. The highest BCUT2D eigenvalue weighted by Crippen LogP contribution is 2.37. The molecule has 2 aromatic rings. The Morgan fingerprint density at radius 3 is 2.55 bits per heavy atom. The first-order chi connectivity index (χ1) is 14.8. The predicted octanol–water partition coefficient (Wildman–Crippen LogP) is 4.21. The van der Waals surface area contributed by atoms with Crippen molar-refractivity contribution >= 4 is 61.5 Å². The average Bonchev–Trinajstić information content (AvgIpc) is 2.72. The van der Waals surface area contributed by atoms with Crippen LogP contribution in [0, 0.1) is 19.3 Å². The van der Waals surface area contributed by atoms with Gasteiger partial charge in [0.25, 0.3) is 11.8 Å². The van der Waals surface area contributed by atoms with Crippen LogP contribution in [0.1, 0.15) is 11.1 Å². The highest BCUT2D eigenvalue weighted by Gasteiger charge is 2.37. The van der Waals surface area contributed by atoms with Crippen molar-refractivity contribution in [1.29, 1.82) is 0 Å². The molecule has 1 aliphatic rings. The van der Waals surface area contributed by atoms with E-state index in [1.165, 1.54) is 13.2 Å². The Morgan fingerprint density at radius 1 is 1.16 bits per heavy atom. The molecule has 1 N–H and O–H groups in total. The second kappa shape index (κ2) is 9.37. The molecule has 3 rings (SSSR count). The molecule has 4 amide bonds. The van der Waals surface area contributed by atoms with E-state index in [0.29, 0.717) is 27.2 Å². The van der Waals surface area contributed by atoms with Gasteiger partial charge in [-0.15, -0.1) is 6.42 Å². The lowest BCUT2D eigenvalue weighted by Gasteiger charge is -2.26. The van der Waals surface area contributed by atoms with Crippen LogP contribution in [0.4, 0.5) is 10.5 Å². The lowest BCUT2D eigenvalue weighted by Crippen LogP contribution is -2.54. The minimum atomic E-state index is -0.814. The third-order valence-corrected chi connectivity index (χ3v) is 5.84. The minimum absolute atomic E-state index is 0.0416. The summed E-state index contributed by atoms with van der Waals surface area (Å²) in [5.41, 5.74) is 1.46. The first-order valence-corrected chi connectivity index (χ1v) is 10.5. The summed E-state index contributed by atoms with van der Waals surface area (Å²) in [6, 6.07) is 7.43. The summed E-state index contributed by atoms with van der Waals surface area (Å²) in [5, 5.41) is 2.20. The quantitative estimate of drug-likeness (QED) is 0.344. The number of nitrogens with one attached hydrogen (secondary N) is 1. The summed E-state index contributed by atoms with van der Waals surface area (Å²) in [6.45, 7) is 1.87. The van der Waals surface area contributed by atoms with Crippen LogP contribution in [0.15, 0.2) is 44.9 Å². The van der Waals surface area contributed by atoms with Crippen molar-refractivity contribution in [2.75, 3.05) is 18.6 Å². The number of urea groups is 1. The number of amides is 4. The van der Waals surface area contributed by atoms with Crippen LogP contribution in [-0.4, -0.2) is 31.6 Å². The fraction of sp³-hybridized carbons (Fsp3) is 0.136. The Bertz CT molecular complexity index is 1170. The van der Waals surface area contributed by atoms with E-state index in [1.807, 2.05) is 6.92 Å². The average molecular weight is 548 g/mol. The largest absolute Gasteiger partial charge is 0.493 e. The molecule has 1 aliphatic heterocycles. The van der Waals surface area contributed by atoms with Gasteiger partial charge < -0.3 is 9.47 Å². The molecular weight excluding hydrogens is 532 g/mol. The predicted molar refractivity (Wildman–Crippen MR) is 123 cm³/mol. The van der Waals surface area contributed by atoms with Crippen LogP contribution in [0.3, 0.4) is 0 Å². The number of barbiturate groups is 1. The number of ether oxygens (including phenoxy) is 2. The fourth-order valence-corrected chi connectivity index (χ4v) is 3.72. The smallest absolute Gasteiger partial charge is 0.335 e. The normalized spacial score (nSPS) is 15.0. The van der Waals surface area contributed by atoms with Crippen molar-refractivity contribution in [1.82, 2.24) is 5.32 Å². The lowest BCUT2D eigenvalue weighted by molar-refractivity contribution is -0.122. The molecule has 2 aromatic carbocycles. The number of halogens is 2. The summed E-state index contributed by atoms with van der Waals surface area (Å²) in [7, 11) is 1.45. The van der Waals surface area contributed by atoms with Crippen molar-refractivity contribution in [2.24, 2.45) is 0 Å². The second-order valence-electron chi connectivity index (χ2n) is 6.42. The lowest BCUT2D eigenvalue weighted by atomic mass is 10.1. The molecule has 0 unspecified atom stereocenters. The first-order valence-electron chi connectivity index (χ1n) is 8.88. The molecule has 7 nitrogen and oxygen atoms in total. The van der Waals surface area contributed by atoms with Crippen molar-refractivity contribution in [3.05, 3.63) is 56.0 Å². The van der Waals surface area contributed by atoms with E-state index in [-0.39, 0.29) is 12.2 Å². The Balaban J connectivity index is 2.03. The van der Waals surface area contributed by atoms with E-state index in [2.05, 4.69) is 43.1 Å². The summed E-state index contributed by atoms with van der Waals surface area (Å²) in [5.74, 6) is 1.59. The zero-order chi connectivity index (χ0) is 22.7. The molecule has 1 fully saturated rings. The van der Waals surface area contributed by atoms with Crippen LogP contribution >= 0.6 is 31.9 Å². The number of hydrogen-bond acceptors (Lipinski definition) is 5. The fourth-order valence-electron chi connectivity index (χ4n) is 2.90. The van der Waals surface area contributed by atoms with Gasteiger partial charge in [-0.25, -0.2) is 9.69 Å². The molecule has 158 valence electrons. The van der Waals surface area contributed by atoms with Crippen molar-refractivity contribution in [2.45, 2.75) is 6.92 Å². The Labute approximate surface area is 195 Å². The number of aryl methyl sites for hydroxylation is 1. The van der Waals surface area contributed by atoms with Gasteiger partial charge >= 0.3 is 6.03 Å². The number of nitrogens with zero attached hydrogens (tertiary/aromatic N) is 1. The Kier molecular flexibility index (Phi) is 6.83. The molecule has 31 heavy (non-hydrogen) atoms. The maximum Gasteiger partial charge on any atom is 0.335 e. The summed E-state index contributed by atoms with van der Waals surface area (Å²) in [4.78, 5) is 38.8. The van der Waals surface area contributed by atoms with E-state index >= 15 is 0 Å². The minimum Gasteiger partial charge on any atom is -0.493 e. The molecule has 0 bridgehead atoms. The van der Waals surface area contributed by atoms with E-state index < -0.39 is 17.8 Å². The van der Waals surface area contributed by atoms with Gasteiger partial charge in [-0.2, -0.15) is 0 Å². The highest BCUT2D eigenvalue weighted by molar-refractivity contribution is 9.10. The number of benzene rings is 2. The topological polar surface area (TPSA) is 84.9 Å². The van der Waals surface area contributed by atoms with Crippen molar-refractivity contribution in [3.8, 4) is 23.8 Å². The molecule has 1 heterocycles. The van der Waals surface area contributed by atoms with Gasteiger partial charge in [-0.1, -0.05) is 21.9 Å². The Morgan fingerprint density at radius 2 is 1.90 bits per heavy atom. The molecule has 0 atom stereocenters. The van der Waals surface area contributed by atoms with Crippen LogP contribution in [-0.2, 0) is 9.59 Å². The number of imide groups is 2. The van der Waals surface area contributed by atoms with Crippen molar-refractivity contribution < 1.29 is 23.9 Å². The second-order valence-corrected chi connectivity index (χ2v) is 8.13. The third-order valence-electron chi connectivity index (χ3n) is 4.36. The SMILES string of the molecule is C#CCOc1c(Br)cc(/C=C2\C(=O)NC(=O)N(c3ccc(Br)c(C)c3)C2=O)cc1OC. The van der Waals surface area contributed by atoms with Crippen LogP contribution in [0.2, 0.25) is 0 Å². The molecular formula is C22H16Br2N2O5. The number of methoxy groups -OCH3 is 1. The van der Waals surface area contributed by atoms with Crippen LogP contribution in [0.25, 0.3) is 6.08 Å². The van der Waals surface area contributed by atoms with Gasteiger partial charge in [0.05, 0.1) is 17.3 Å². The molecule has 0 aliphatic carbocycles. The van der Waals surface area contributed by atoms with Gasteiger partial charge in [0.1, 0.15) is 12.2 Å². The molecule has 0 spiro atoms. The van der Waals surface area contributed by atoms with Gasteiger partial charge in [0.2, 0.25) is 0 Å². The summed E-state index contributed by atoms with van der Waals surface area (Å²) >= 11 is 6.76. The third kappa shape index (κ3) is 4.65. The van der Waals surface area contributed by atoms with Crippen molar-refractivity contribution in [3.63, 3.8) is 0 Å². The number of hydrogen-bond donors (Lipinski definition) is 1. The monoisotopic (exact) mass is 546 g/mol. The van der Waals surface area contributed by atoms with Gasteiger partial charge in [0, 0.05) is 4.47 Å². The van der Waals surface area contributed by atoms with E-state index in [9.17, 15) is 14.4 Å². The van der Waals surface area contributed by atoms with E-state index in [0.717, 1.165) is 14.9 Å². The number of carbonyl (C=O) groups excluding carboxylic acids is 3.